The number of nitrogens with zero attached hydrogens (tertiary/aromatic N) is 1. The molecule has 0 aromatic rings. The maximum absolute atomic E-state index is 10.8. The molecule has 68 valence electrons. The first-order chi connectivity index (χ1) is 5.79. The van der Waals surface area contributed by atoms with Gasteiger partial charge in [0.15, 0.2) is 0 Å². The second-order valence-corrected chi connectivity index (χ2v) is 3.91. The van der Waals surface area contributed by atoms with E-state index in [1.807, 2.05) is 0 Å². The van der Waals surface area contributed by atoms with Crippen LogP contribution < -0.4 is 5.73 Å². The van der Waals surface area contributed by atoms with Gasteiger partial charge in [-0.05, 0) is 12.8 Å². The quantitative estimate of drug-likeness (QED) is 0.610. The lowest BCUT2D eigenvalue weighted by Crippen LogP contribution is -2.29. The molecule has 1 saturated carbocycles. The monoisotopic (exact) mass is 168 g/mol. The van der Waals surface area contributed by atoms with E-state index in [0.29, 0.717) is 6.04 Å². The third kappa shape index (κ3) is 1.46. The van der Waals surface area contributed by atoms with Crippen molar-refractivity contribution in [2.75, 3.05) is 6.54 Å². The van der Waals surface area contributed by atoms with E-state index in [1.165, 1.54) is 32.1 Å². The highest BCUT2D eigenvalue weighted by Crippen LogP contribution is 2.30. The maximum atomic E-state index is 10.8. The molecule has 1 aliphatic heterocycles. The minimum Gasteiger partial charge on any atom is -0.368 e. The maximum Gasteiger partial charge on any atom is 0.236 e. The molecule has 1 amide bonds. The van der Waals surface area contributed by atoms with Crippen molar-refractivity contribution in [2.45, 2.75) is 44.2 Å². The van der Waals surface area contributed by atoms with Crippen molar-refractivity contribution in [1.82, 2.24) is 4.90 Å². The minimum absolute atomic E-state index is 0.0769. The Labute approximate surface area is 72.9 Å². The number of carbonyl (C=O) groups is 1. The summed E-state index contributed by atoms with van der Waals surface area (Å²) >= 11 is 0. The summed E-state index contributed by atoms with van der Waals surface area (Å²) in [5.74, 6) is -0.138. The molecule has 0 aromatic carbocycles. The van der Waals surface area contributed by atoms with Crippen LogP contribution >= 0.6 is 0 Å². The summed E-state index contributed by atoms with van der Waals surface area (Å²) in [5.41, 5.74) is 5.21. The minimum atomic E-state index is -0.138. The molecule has 12 heavy (non-hydrogen) atoms. The summed E-state index contributed by atoms with van der Waals surface area (Å²) < 4.78 is 0. The number of amides is 1. The summed E-state index contributed by atoms with van der Waals surface area (Å²) in [6.45, 7) is 0.917. The second-order valence-electron chi connectivity index (χ2n) is 3.91. The Morgan fingerprint density at radius 3 is 2.42 bits per heavy atom. The highest BCUT2D eigenvalue weighted by Gasteiger charge is 2.43. The van der Waals surface area contributed by atoms with E-state index in [9.17, 15) is 4.79 Å². The number of hydrogen-bond donors (Lipinski definition) is 1. The number of carbonyl (C=O) groups excluding carboxylic acids is 1. The Morgan fingerprint density at radius 1 is 1.25 bits per heavy atom. The van der Waals surface area contributed by atoms with Gasteiger partial charge in [-0.25, -0.2) is 0 Å². The molecule has 2 N–H and O–H groups in total. The smallest absolute Gasteiger partial charge is 0.236 e. The number of hydrogen-bond acceptors (Lipinski definition) is 2. The molecular weight excluding hydrogens is 152 g/mol. The van der Waals surface area contributed by atoms with Crippen LogP contribution in [0.1, 0.15) is 32.1 Å². The predicted octanol–water partition coefficient (Wildman–Crippen LogP) is 0.489. The molecule has 1 aliphatic carbocycles. The van der Waals surface area contributed by atoms with Crippen LogP contribution in [0.4, 0.5) is 0 Å². The Morgan fingerprint density at radius 2 is 1.92 bits per heavy atom. The molecule has 0 spiro atoms. The zero-order valence-electron chi connectivity index (χ0n) is 7.33. The molecular formula is C9H16N2O. The predicted molar refractivity (Wildman–Crippen MR) is 46.6 cm³/mol. The summed E-state index contributed by atoms with van der Waals surface area (Å²) in [6, 6.07) is 0.740. The fraction of sp³-hybridized carbons (Fsp3) is 0.889. The molecule has 1 saturated heterocycles. The van der Waals surface area contributed by atoms with Gasteiger partial charge < -0.3 is 5.73 Å². The molecule has 2 atom stereocenters. The lowest BCUT2D eigenvalue weighted by atomic mass is 9.95. The molecule has 1 heterocycles. The van der Waals surface area contributed by atoms with E-state index >= 15 is 0 Å². The number of primary amides is 1. The summed E-state index contributed by atoms with van der Waals surface area (Å²) in [6.07, 6.45) is 6.55. The van der Waals surface area contributed by atoms with Gasteiger partial charge in [0.25, 0.3) is 0 Å². The van der Waals surface area contributed by atoms with Crippen LogP contribution in [0, 0.1) is 0 Å². The lowest BCUT2D eigenvalue weighted by molar-refractivity contribution is -0.118. The zero-order chi connectivity index (χ0) is 8.55. The van der Waals surface area contributed by atoms with Crippen molar-refractivity contribution < 1.29 is 4.79 Å². The normalized spacial score (nSPS) is 36.3. The van der Waals surface area contributed by atoms with E-state index in [0.717, 1.165) is 6.54 Å². The molecule has 3 nitrogen and oxygen atoms in total. The fourth-order valence-electron chi connectivity index (χ4n) is 2.22. The topological polar surface area (TPSA) is 46.1 Å². The molecule has 3 heteroatoms. The molecule has 0 bridgehead atoms. The zero-order valence-corrected chi connectivity index (χ0v) is 7.33. The third-order valence-electron chi connectivity index (χ3n) is 3.02. The lowest BCUT2D eigenvalue weighted by Gasteiger charge is -2.22. The largest absolute Gasteiger partial charge is 0.368 e. The van der Waals surface area contributed by atoms with Crippen molar-refractivity contribution in [1.29, 1.82) is 0 Å². The van der Waals surface area contributed by atoms with Crippen LogP contribution in [0.2, 0.25) is 0 Å². The van der Waals surface area contributed by atoms with Gasteiger partial charge in [0.2, 0.25) is 5.91 Å². The first-order valence-corrected chi connectivity index (χ1v) is 4.84. The average Bonchev–Trinajstić information content (AvgIpc) is 2.84. The highest BCUT2D eigenvalue weighted by atomic mass is 16.1. The first-order valence-electron chi connectivity index (χ1n) is 4.84. The van der Waals surface area contributed by atoms with Crippen molar-refractivity contribution in [3.63, 3.8) is 0 Å². The number of nitrogens with two attached hydrogens (primary N) is 1. The molecule has 0 aromatic heterocycles. The van der Waals surface area contributed by atoms with Crippen LogP contribution in [-0.4, -0.2) is 29.4 Å². The van der Waals surface area contributed by atoms with Gasteiger partial charge in [0, 0.05) is 12.6 Å². The molecule has 2 rings (SSSR count). The second kappa shape index (κ2) is 3.05. The Kier molecular flexibility index (Phi) is 2.05. The molecule has 2 aliphatic rings. The fourth-order valence-corrected chi connectivity index (χ4v) is 2.22. The average molecular weight is 168 g/mol. The van der Waals surface area contributed by atoms with Gasteiger partial charge in [-0.3, -0.25) is 9.69 Å². The van der Waals surface area contributed by atoms with Crippen molar-refractivity contribution in [3.05, 3.63) is 0 Å². The van der Waals surface area contributed by atoms with Gasteiger partial charge >= 0.3 is 0 Å². The van der Waals surface area contributed by atoms with Gasteiger partial charge in [-0.1, -0.05) is 19.3 Å². The van der Waals surface area contributed by atoms with Crippen LogP contribution in [0.25, 0.3) is 0 Å². The number of rotatable bonds is 2. The molecule has 0 radical (unpaired) electrons. The van der Waals surface area contributed by atoms with E-state index in [2.05, 4.69) is 4.90 Å². The van der Waals surface area contributed by atoms with Gasteiger partial charge in [-0.2, -0.15) is 0 Å². The Balaban J connectivity index is 1.83. The third-order valence-corrected chi connectivity index (χ3v) is 3.02. The standard InChI is InChI=1S/C9H16N2O/c10-9(12)8-6-11(8)7-4-2-1-3-5-7/h7-8H,1-6H2,(H2,10,12). The molecule has 2 unspecified atom stereocenters. The summed E-state index contributed by atoms with van der Waals surface area (Å²) in [7, 11) is 0. The summed E-state index contributed by atoms with van der Waals surface area (Å²) in [5, 5.41) is 0. The van der Waals surface area contributed by atoms with Crippen LogP contribution in [-0.2, 0) is 4.79 Å². The van der Waals surface area contributed by atoms with E-state index in [1.54, 1.807) is 0 Å². The Hall–Kier alpha value is -0.570. The van der Waals surface area contributed by atoms with Gasteiger partial charge in [0.05, 0.1) is 0 Å². The van der Waals surface area contributed by atoms with Crippen LogP contribution in [0.3, 0.4) is 0 Å². The van der Waals surface area contributed by atoms with E-state index in [-0.39, 0.29) is 11.9 Å². The van der Waals surface area contributed by atoms with Crippen molar-refractivity contribution >= 4 is 5.91 Å². The van der Waals surface area contributed by atoms with E-state index < -0.39 is 0 Å². The van der Waals surface area contributed by atoms with Gasteiger partial charge in [0.1, 0.15) is 6.04 Å². The SMILES string of the molecule is NC(=O)C1CN1C1CCCCC1. The highest BCUT2D eigenvalue weighted by molar-refractivity contribution is 5.82. The molecule has 2 fully saturated rings. The first kappa shape index (κ1) is 8.05. The van der Waals surface area contributed by atoms with Crippen LogP contribution in [0.5, 0.6) is 0 Å². The van der Waals surface area contributed by atoms with Crippen LogP contribution in [0.15, 0.2) is 0 Å². The summed E-state index contributed by atoms with van der Waals surface area (Å²) in [4.78, 5) is 13.0. The Bertz CT molecular complexity index is 187. The van der Waals surface area contributed by atoms with Crippen molar-refractivity contribution in [3.8, 4) is 0 Å². The van der Waals surface area contributed by atoms with E-state index in [4.69, 9.17) is 5.73 Å². The van der Waals surface area contributed by atoms with Gasteiger partial charge in [-0.15, -0.1) is 0 Å². The van der Waals surface area contributed by atoms with Crippen molar-refractivity contribution in [2.24, 2.45) is 5.73 Å².